The second kappa shape index (κ2) is 6.41. The molecule has 0 aliphatic rings. The Labute approximate surface area is 139 Å². The van der Waals surface area contributed by atoms with E-state index in [1.165, 1.54) is 6.07 Å². The van der Waals surface area contributed by atoms with Crippen LogP contribution < -0.4 is 0 Å². The van der Waals surface area contributed by atoms with Crippen molar-refractivity contribution in [3.63, 3.8) is 0 Å². The molecule has 1 aromatic heterocycles. The predicted molar refractivity (Wildman–Crippen MR) is 79.5 cm³/mol. The zero-order chi connectivity index (χ0) is 17.4. The van der Waals surface area contributed by atoms with Gasteiger partial charge in [0.2, 0.25) is 0 Å². The van der Waals surface area contributed by atoms with Crippen molar-refractivity contribution in [1.29, 1.82) is 0 Å². The molecule has 0 fully saturated rings. The molecule has 0 atom stereocenters. The normalized spacial score (nSPS) is 11.7. The lowest BCUT2D eigenvalue weighted by molar-refractivity contribution is -0.137. The topological polar surface area (TPSA) is 55.1 Å². The van der Waals surface area contributed by atoms with E-state index in [0.29, 0.717) is 24.2 Å². The van der Waals surface area contributed by atoms with Crippen LogP contribution in [0.3, 0.4) is 0 Å². The largest absolute Gasteiger partial charge is 0.477 e. The summed E-state index contributed by atoms with van der Waals surface area (Å²) in [6, 6.07) is 2.72. The van der Waals surface area contributed by atoms with Crippen LogP contribution in [0.25, 0.3) is 5.69 Å². The molecule has 0 aliphatic heterocycles. The molecule has 0 saturated heterocycles. The summed E-state index contributed by atoms with van der Waals surface area (Å²) in [5, 5.41) is 12.7. The number of halogens is 5. The number of nitrogens with zero attached hydrogens (tertiary/aromatic N) is 2. The van der Waals surface area contributed by atoms with E-state index in [9.17, 15) is 23.1 Å². The number of benzene rings is 1. The van der Waals surface area contributed by atoms with E-state index in [1.54, 1.807) is 0 Å². The summed E-state index contributed by atoms with van der Waals surface area (Å²) in [7, 11) is 0. The number of carbonyl (C=O) groups is 1. The van der Waals surface area contributed by atoms with Crippen LogP contribution in [-0.2, 0) is 12.6 Å². The number of aromatic carboxylic acids is 1. The molecule has 0 saturated carbocycles. The number of carboxylic acids is 1. The third-order valence-corrected chi connectivity index (χ3v) is 3.62. The second-order valence-corrected chi connectivity index (χ2v) is 5.59. The SMILES string of the molecule is CCCc1cc(C(=O)O)n(-c2c(Cl)cc(C(F)(F)F)cc2Cl)n1. The van der Waals surface area contributed by atoms with Gasteiger partial charge in [-0.05, 0) is 24.6 Å². The zero-order valence-electron chi connectivity index (χ0n) is 11.8. The van der Waals surface area contributed by atoms with E-state index in [4.69, 9.17) is 23.2 Å². The number of alkyl halides is 3. The summed E-state index contributed by atoms with van der Waals surface area (Å²) in [5.74, 6) is -1.29. The molecule has 1 N–H and O–H groups in total. The summed E-state index contributed by atoms with van der Waals surface area (Å²) in [4.78, 5) is 11.3. The summed E-state index contributed by atoms with van der Waals surface area (Å²) in [5.41, 5.74) is -0.857. The molecular weight excluding hydrogens is 356 g/mol. The van der Waals surface area contributed by atoms with Crippen LogP contribution >= 0.6 is 23.2 Å². The van der Waals surface area contributed by atoms with Crippen LogP contribution in [0, 0.1) is 0 Å². The highest BCUT2D eigenvalue weighted by Gasteiger charge is 2.32. The monoisotopic (exact) mass is 366 g/mol. The molecule has 0 spiro atoms. The van der Waals surface area contributed by atoms with E-state index < -0.39 is 17.7 Å². The Morgan fingerprint density at radius 3 is 2.26 bits per heavy atom. The molecule has 23 heavy (non-hydrogen) atoms. The van der Waals surface area contributed by atoms with Crippen molar-refractivity contribution in [3.05, 3.63) is 45.2 Å². The van der Waals surface area contributed by atoms with Gasteiger partial charge in [0.15, 0.2) is 5.69 Å². The number of aryl methyl sites for hydroxylation is 1. The van der Waals surface area contributed by atoms with Crippen LogP contribution in [0.5, 0.6) is 0 Å². The van der Waals surface area contributed by atoms with Gasteiger partial charge in [-0.25, -0.2) is 9.48 Å². The number of hydrogen-bond acceptors (Lipinski definition) is 2. The van der Waals surface area contributed by atoms with Crippen LogP contribution in [0.4, 0.5) is 13.2 Å². The van der Waals surface area contributed by atoms with Crippen LogP contribution in [-0.4, -0.2) is 20.9 Å². The molecule has 2 rings (SSSR count). The number of aromatic nitrogens is 2. The summed E-state index contributed by atoms with van der Waals surface area (Å²) in [6.45, 7) is 1.89. The lowest BCUT2D eigenvalue weighted by atomic mass is 10.2. The molecule has 9 heteroatoms. The van der Waals surface area contributed by atoms with Crippen molar-refractivity contribution in [1.82, 2.24) is 9.78 Å². The molecule has 4 nitrogen and oxygen atoms in total. The van der Waals surface area contributed by atoms with Gasteiger partial charge in [-0.15, -0.1) is 0 Å². The maximum Gasteiger partial charge on any atom is 0.416 e. The Morgan fingerprint density at radius 1 is 1.26 bits per heavy atom. The van der Waals surface area contributed by atoms with Crippen molar-refractivity contribution < 1.29 is 23.1 Å². The maximum absolute atomic E-state index is 12.8. The predicted octanol–water partition coefficient (Wildman–Crippen LogP) is 4.85. The highest BCUT2D eigenvalue weighted by Crippen LogP contribution is 2.37. The van der Waals surface area contributed by atoms with Gasteiger partial charge in [-0.3, -0.25) is 0 Å². The van der Waals surface area contributed by atoms with Gasteiger partial charge in [-0.1, -0.05) is 36.5 Å². The molecule has 0 unspecified atom stereocenters. The van der Waals surface area contributed by atoms with Crippen LogP contribution in [0.15, 0.2) is 18.2 Å². The van der Waals surface area contributed by atoms with Gasteiger partial charge >= 0.3 is 12.1 Å². The fourth-order valence-electron chi connectivity index (χ4n) is 2.06. The van der Waals surface area contributed by atoms with Crippen molar-refractivity contribution in [2.75, 3.05) is 0 Å². The first-order valence-electron chi connectivity index (χ1n) is 6.54. The average molecular weight is 367 g/mol. The van der Waals surface area contributed by atoms with E-state index in [2.05, 4.69) is 5.10 Å². The highest BCUT2D eigenvalue weighted by atomic mass is 35.5. The first-order chi connectivity index (χ1) is 10.6. The average Bonchev–Trinajstić information content (AvgIpc) is 2.81. The van der Waals surface area contributed by atoms with Gasteiger partial charge in [-0.2, -0.15) is 18.3 Å². The van der Waals surface area contributed by atoms with Crippen molar-refractivity contribution >= 4 is 29.2 Å². The fraction of sp³-hybridized carbons (Fsp3) is 0.286. The quantitative estimate of drug-likeness (QED) is 0.841. The van der Waals surface area contributed by atoms with Crippen LogP contribution in [0.2, 0.25) is 10.0 Å². The first kappa shape index (κ1) is 17.6. The highest BCUT2D eigenvalue weighted by molar-refractivity contribution is 6.38. The van der Waals surface area contributed by atoms with E-state index in [1.807, 2.05) is 6.92 Å². The van der Waals surface area contributed by atoms with Gasteiger partial charge in [0.25, 0.3) is 0 Å². The Hall–Kier alpha value is -1.73. The lowest BCUT2D eigenvalue weighted by Gasteiger charge is -2.13. The third-order valence-electron chi connectivity index (χ3n) is 3.04. The molecular formula is C14H11Cl2F3N2O2. The molecule has 0 radical (unpaired) electrons. The number of hydrogen-bond donors (Lipinski definition) is 1. The van der Waals surface area contributed by atoms with Gasteiger partial charge in [0.05, 0.1) is 21.3 Å². The lowest BCUT2D eigenvalue weighted by Crippen LogP contribution is -2.11. The summed E-state index contributed by atoms with van der Waals surface area (Å²) in [6.07, 6.45) is -3.37. The number of rotatable bonds is 4. The Kier molecular flexibility index (Phi) is 4.91. The first-order valence-corrected chi connectivity index (χ1v) is 7.29. The zero-order valence-corrected chi connectivity index (χ0v) is 13.3. The van der Waals surface area contributed by atoms with Crippen molar-refractivity contribution in [2.24, 2.45) is 0 Å². The van der Waals surface area contributed by atoms with Crippen molar-refractivity contribution in [3.8, 4) is 5.69 Å². The maximum atomic E-state index is 12.8. The van der Waals surface area contributed by atoms with Crippen molar-refractivity contribution in [2.45, 2.75) is 25.9 Å². The molecule has 1 heterocycles. The van der Waals surface area contributed by atoms with E-state index in [0.717, 1.165) is 11.1 Å². The molecule has 0 amide bonds. The Morgan fingerprint density at radius 2 is 1.83 bits per heavy atom. The third kappa shape index (κ3) is 3.61. The fourth-order valence-corrected chi connectivity index (χ4v) is 2.71. The minimum absolute atomic E-state index is 0.0962. The molecule has 2 aromatic rings. The van der Waals surface area contributed by atoms with E-state index >= 15 is 0 Å². The van der Waals surface area contributed by atoms with Gasteiger partial charge in [0, 0.05) is 0 Å². The van der Waals surface area contributed by atoms with Gasteiger partial charge in [0.1, 0.15) is 5.69 Å². The summed E-state index contributed by atoms with van der Waals surface area (Å²) >= 11 is 11.8. The molecule has 1 aromatic carbocycles. The molecule has 124 valence electrons. The van der Waals surface area contributed by atoms with E-state index in [-0.39, 0.29) is 21.4 Å². The minimum atomic E-state index is -4.61. The minimum Gasteiger partial charge on any atom is -0.477 e. The smallest absolute Gasteiger partial charge is 0.416 e. The Bertz CT molecular complexity index is 734. The standard InChI is InChI=1S/C14H11Cl2F3N2O2/c1-2-3-8-6-11(13(22)23)21(20-8)12-9(15)4-7(5-10(12)16)14(17,18)19/h4-6H,2-3H2,1H3,(H,22,23). The molecule has 0 aliphatic carbocycles. The second-order valence-electron chi connectivity index (χ2n) is 4.77. The van der Waals surface area contributed by atoms with Crippen LogP contribution in [0.1, 0.15) is 35.1 Å². The number of carboxylic acid groups (broad SMARTS) is 1. The summed E-state index contributed by atoms with van der Waals surface area (Å²) < 4.78 is 39.2. The van der Waals surface area contributed by atoms with Gasteiger partial charge < -0.3 is 5.11 Å². The Balaban J connectivity index is 2.65. The molecule has 0 bridgehead atoms.